The minimum absolute atomic E-state index is 0.0490. The van der Waals surface area contributed by atoms with Crippen molar-refractivity contribution in [3.8, 4) is 0 Å². The predicted octanol–water partition coefficient (Wildman–Crippen LogP) is -2.35. The lowest BCUT2D eigenvalue weighted by atomic mass is 10.1. The van der Waals surface area contributed by atoms with Gasteiger partial charge in [0.25, 0.3) is 5.56 Å². The fourth-order valence-electron chi connectivity index (χ4n) is 2.28. The summed E-state index contributed by atoms with van der Waals surface area (Å²) >= 11 is 0. The summed E-state index contributed by atoms with van der Waals surface area (Å²) in [6.45, 7) is 1.61. The normalized spacial score (nSPS) is 21.1. The van der Waals surface area contributed by atoms with E-state index in [9.17, 15) is 15.0 Å². The average molecular weight is 285 g/mol. The van der Waals surface area contributed by atoms with E-state index < -0.39 is 24.5 Å². The first-order chi connectivity index (χ1) is 9.38. The smallest absolute Gasteiger partial charge is 0.300 e. The molecule has 0 saturated carbocycles. The molecular formula is C11H19N5O4. The van der Waals surface area contributed by atoms with Gasteiger partial charge in [0.2, 0.25) is 5.95 Å². The summed E-state index contributed by atoms with van der Waals surface area (Å²) in [5, 5.41) is 31.8. The van der Waals surface area contributed by atoms with Crippen LogP contribution < -0.4 is 21.5 Å². The minimum Gasteiger partial charge on any atom is -0.394 e. The van der Waals surface area contributed by atoms with E-state index in [1.54, 1.807) is 14.0 Å². The summed E-state index contributed by atoms with van der Waals surface area (Å²) in [7, 11) is 1.64. The molecule has 0 aromatic carbocycles. The van der Waals surface area contributed by atoms with Crippen LogP contribution in [-0.4, -0.2) is 56.4 Å². The molecule has 3 atom stereocenters. The molecule has 112 valence electrons. The summed E-state index contributed by atoms with van der Waals surface area (Å²) in [5.41, 5.74) is 5.16. The number of anilines is 3. The second kappa shape index (κ2) is 5.27. The van der Waals surface area contributed by atoms with Gasteiger partial charge in [-0.05, 0) is 6.92 Å². The minimum atomic E-state index is -1.41. The molecule has 9 heteroatoms. The molecular weight excluding hydrogens is 266 g/mol. The third-order valence-corrected chi connectivity index (χ3v) is 3.44. The zero-order valence-electron chi connectivity index (χ0n) is 11.3. The number of fused-ring (bicyclic) bond motifs is 1. The zero-order valence-corrected chi connectivity index (χ0v) is 11.3. The van der Waals surface area contributed by atoms with Gasteiger partial charge in [-0.3, -0.25) is 9.36 Å². The van der Waals surface area contributed by atoms with Crippen molar-refractivity contribution in [1.82, 2.24) is 9.55 Å². The van der Waals surface area contributed by atoms with Gasteiger partial charge in [0.05, 0.1) is 6.61 Å². The molecule has 1 aromatic heterocycles. The van der Waals surface area contributed by atoms with Crippen LogP contribution in [0.3, 0.4) is 0 Å². The van der Waals surface area contributed by atoms with Crippen molar-refractivity contribution in [2.45, 2.75) is 25.3 Å². The summed E-state index contributed by atoms with van der Waals surface area (Å²) in [6, 6.07) is -0.267. The van der Waals surface area contributed by atoms with Crippen LogP contribution in [0.5, 0.6) is 0 Å². The van der Waals surface area contributed by atoms with Crippen molar-refractivity contribution in [2.75, 3.05) is 29.1 Å². The Morgan fingerprint density at radius 3 is 2.80 bits per heavy atom. The highest BCUT2D eigenvalue weighted by Gasteiger charge is 2.35. The Kier molecular flexibility index (Phi) is 3.84. The van der Waals surface area contributed by atoms with Crippen molar-refractivity contribution >= 4 is 17.5 Å². The Bertz CT molecular complexity index is 560. The summed E-state index contributed by atoms with van der Waals surface area (Å²) in [5.74, 6) is 0.470. The second-order valence-corrected chi connectivity index (χ2v) is 4.83. The fourth-order valence-corrected chi connectivity index (χ4v) is 2.28. The largest absolute Gasteiger partial charge is 0.394 e. The number of hydrogen-bond acceptors (Lipinski definition) is 8. The van der Waals surface area contributed by atoms with Crippen molar-refractivity contribution in [2.24, 2.45) is 7.05 Å². The van der Waals surface area contributed by atoms with Crippen LogP contribution >= 0.6 is 0 Å². The molecule has 0 spiro atoms. The van der Waals surface area contributed by atoms with Crippen LogP contribution in [0.15, 0.2) is 4.79 Å². The molecule has 0 amide bonds. The van der Waals surface area contributed by atoms with Gasteiger partial charge in [-0.1, -0.05) is 0 Å². The van der Waals surface area contributed by atoms with Gasteiger partial charge in [-0.25, -0.2) is 0 Å². The van der Waals surface area contributed by atoms with E-state index >= 15 is 0 Å². The molecule has 6 N–H and O–H groups in total. The molecule has 0 saturated heterocycles. The maximum Gasteiger partial charge on any atom is 0.300 e. The van der Waals surface area contributed by atoms with Crippen LogP contribution in [0, 0.1) is 0 Å². The highest BCUT2D eigenvalue weighted by Crippen LogP contribution is 2.30. The van der Waals surface area contributed by atoms with Crippen molar-refractivity contribution in [3.05, 3.63) is 10.4 Å². The van der Waals surface area contributed by atoms with Gasteiger partial charge in [0, 0.05) is 19.6 Å². The summed E-state index contributed by atoms with van der Waals surface area (Å²) < 4.78 is 1.49. The Labute approximate surface area is 115 Å². The number of nitrogens with two attached hydrogens (primary N) is 1. The quantitative estimate of drug-likeness (QED) is 0.416. The van der Waals surface area contributed by atoms with E-state index in [0.717, 1.165) is 0 Å². The molecule has 0 fully saturated rings. The molecule has 1 aliphatic heterocycles. The van der Waals surface area contributed by atoms with E-state index in [1.165, 1.54) is 9.47 Å². The first kappa shape index (κ1) is 14.6. The summed E-state index contributed by atoms with van der Waals surface area (Å²) in [6.07, 6.45) is -2.79. The van der Waals surface area contributed by atoms with E-state index in [1.807, 2.05) is 0 Å². The Morgan fingerprint density at radius 2 is 2.20 bits per heavy atom. The number of aromatic nitrogens is 2. The number of nitrogens with one attached hydrogen (secondary N) is 1. The van der Waals surface area contributed by atoms with Crippen LogP contribution in [0.4, 0.5) is 17.5 Å². The average Bonchev–Trinajstić information content (AvgIpc) is 2.43. The lowest BCUT2D eigenvalue weighted by molar-refractivity contribution is -0.0182. The van der Waals surface area contributed by atoms with Gasteiger partial charge in [0.1, 0.15) is 17.6 Å². The van der Waals surface area contributed by atoms with Crippen LogP contribution in [0.1, 0.15) is 6.92 Å². The Balaban J connectivity index is 2.57. The zero-order chi connectivity index (χ0) is 15.0. The highest BCUT2D eigenvalue weighted by atomic mass is 16.4. The molecule has 2 rings (SSSR count). The maximum absolute atomic E-state index is 12.1. The van der Waals surface area contributed by atoms with Crippen molar-refractivity contribution < 1.29 is 15.3 Å². The molecule has 0 aliphatic carbocycles. The number of hydrogen-bond donors (Lipinski definition) is 5. The number of rotatable bonds is 3. The van der Waals surface area contributed by atoms with Crippen LogP contribution in [0.25, 0.3) is 0 Å². The first-order valence-corrected chi connectivity index (χ1v) is 6.24. The van der Waals surface area contributed by atoms with Crippen LogP contribution in [-0.2, 0) is 7.05 Å². The molecule has 0 bridgehead atoms. The molecule has 0 radical (unpaired) electrons. The third kappa shape index (κ3) is 2.19. The number of aliphatic hydroxyl groups excluding tert-OH is 3. The molecule has 3 unspecified atom stereocenters. The lowest BCUT2D eigenvalue weighted by Crippen LogP contribution is -2.56. The van der Waals surface area contributed by atoms with Gasteiger partial charge in [0.15, 0.2) is 6.23 Å². The SMILES string of the molecule is CC1CNc2c(c(=O)nc(N)n2C)N1C(O)C(O)CO. The Hall–Kier alpha value is -1.84. The van der Waals surface area contributed by atoms with Gasteiger partial charge >= 0.3 is 0 Å². The highest BCUT2D eigenvalue weighted by molar-refractivity contribution is 5.70. The van der Waals surface area contributed by atoms with E-state index in [4.69, 9.17) is 10.8 Å². The third-order valence-electron chi connectivity index (χ3n) is 3.44. The number of aliphatic hydroxyl groups is 3. The van der Waals surface area contributed by atoms with Crippen molar-refractivity contribution in [1.29, 1.82) is 0 Å². The fraction of sp³-hybridized carbons (Fsp3) is 0.636. The summed E-state index contributed by atoms with van der Waals surface area (Å²) in [4.78, 5) is 17.1. The number of nitrogen functional groups attached to an aromatic ring is 1. The lowest BCUT2D eigenvalue weighted by Gasteiger charge is -2.41. The van der Waals surface area contributed by atoms with Gasteiger partial charge < -0.3 is 31.3 Å². The van der Waals surface area contributed by atoms with Gasteiger partial charge in [-0.15, -0.1) is 0 Å². The Morgan fingerprint density at radius 1 is 1.55 bits per heavy atom. The van der Waals surface area contributed by atoms with E-state index in [2.05, 4.69) is 10.3 Å². The van der Waals surface area contributed by atoms with Gasteiger partial charge in [-0.2, -0.15) is 4.98 Å². The van der Waals surface area contributed by atoms with Crippen LogP contribution in [0.2, 0.25) is 0 Å². The van der Waals surface area contributed by atoms with Crippen molar-refractivity contribution in [3.63, 3.8) is 0 Å². The molecule has 2 heterocycles. The van der Waals surface area contributed by atoms with E-state index in [0.29, 0.717) is 12.4 Å². The predicted molar refractivity (Wildman–Crippen MR) is 73.4 cm³/mol. The molecule has 9 nitrogen and oxygen atoms in total. The monoisotopic (exact) mass is 285 g/mol. The standard InChI is InChI=1S/C11H19N5O4/c1-5-3-13-8-7(9(19)14-11(12)15(8)2)16(5)10(20)6(18)4-17/h5-6,10,13,17-18,20H,3-4H2,1-2H3,(H2,12,14,19). The number of nitrogens with zero attached hydrogens (tertiary/aromatic N) is 3. The molecule has 20 heavy (non-hydrogen) atoms. The van der Waals surface area contributed by atoms with E-state index in [-0.39, 0.29) is 17.7 Å². The second-order valence-electron chi connectivity index (χ2n) is 4.83. The molecule has 1 aromatic rings. The topological polar surface area (TPSA) is 137 Å². The first-order valence-electron chi connectivity index (χ1n) is 6.24. The maximum atomic E-state index is 12.1. The molecule has 1 aliphatic rings.